The third-order valence-corrected chi connectivity index (χ3v) is 4.86. The summed E-state index contributed by atoms with van der Waals surface area (Å²) in [4.78, 5) is 14.9. The topological polar surface area (TPSA) is 38.8 Å². The molecule has 0 aromatic heterocycles. The first kappa shape index (κ1) is 14.8. The van der Waals surface area contributed by atoms with Gasteiger partial charge < -0.3 is 14.4 Å². The molecule has 0 bridgehead atoms. The molecule has 0 atom stereocenters. The maximum atomic E-state index is 12.8. The van der Waals surface area contributed by atoms with E-state index < -0.39 is 5.79 Å². The quantitative estimate of drug-likeness (QED) is 0.803. The maximum Gasteiger partial charge on any atom is 0.232 e. The highest BCUT2D eigenvalue weighted by Crippen LogP contribution is 2.31. The number of benzene rings is 1. The van der Waals surface area contributed by atoms with Crippen molar-refractivity contribution >= 4 is 17.7 Å². The van der Waals surface area contributed by atoms with Gasteiger partial charge in [-0.2, -0.15) is 0 Å². The maximum absolute atomic E-state index is 12.8. The Kier molecular flexibility index (Phi) is 4.47. The van der Waals surface area contributed by atoms with E-state index in [0.29, 0.717) is 32.1 Å². The number of hydrogen-bond acceptors (Lipinski definition) is 4. The fourth-order valence-electron chi connectivity index (χ4n) is 2.65. The summed E-state index contributed by atoms with van der Waals surface area (Å²) in [5, 5.41) is 0. The molecule has 1 aromatic rings. The van der Waals surface area contributed by atoms with Gasteiger partial charge in [-0.1, -0.05) is 0 Å². The Balaban J connectivity index is 1.47. The van der Waals surface area contributed by atoms with Crippen molar-refractivity contribution in [1.29, 1.82) is 0 Å². The average Bonchev–Trinajstić information content (AvgIpc) is 2.95. The molecule has 4 nitrogen and oxygen atoms in total. The lowest BCUT2D eigenvalue weighted by atomic mass is 10.0. The molecule has 2 heterocycles. The second kappa shape index (κ2) is 6.34. The lowest BCUT2D eigenvalue weighted by Gasteiger charge is -2.37. The standard InChI is InChI=1S/C15H18FNO3S/c16-12-1-3-13(4-2-12)21-11-14(18)17-7-5-15(6-8-17)19-9-10-20-15/h1-4H,5-11H2. The highest BCUT2D eigenvalue weighted by molar-refractivity contribution is 8.00. The Morgan fingerprint density at radius 3 is 2.43 bits per heavy atom. The Morgan fingerprint density at radius 2 is 1.81 bits per heavy atom. The molecule has 2 saturated heterocycles. The van der Waals surface area contributed by atoms with Crippen LogP contribution in [0.2, 0.25) is 0 Å². The van der Waals surface area contributed by atoms with Crippen molar-refractivity contribution < 1.29 is 18.7 Å². The van der Waals surface area contributed by atoms with E-state index >= 15 is 0 Å². The molecule has 114 valence electrons. The first-order valence-electron chi connectivity index (χ1n) is 7.11. The van der Waals surface area contributed by atoms with Gasteiger partial charge in [0.05, 0.1) is 19.0 Å². The monoisotopic (exact) mass is 311 g/mol. The third kappa shape index (κ3) is 3.56. The minimum Gasteiger partial charge on any atom is -0.347 e. The number of carbonyl (C=O) groups excluding carboxylic acids is 1. The van der Waals surface area contributed by atoms with Crippen molar-refractivity contribution in [2.75, 3.05) is 32.1 Å². The summed E-state index contributed by atoms with van der Waals surface area (Å²) in [5.41, 5.74) is 0. The van der Waals surface area contributed by atoms with Crippen LogP contribution in [-0.2, 0) is 14.3 Å². The Morgan fingerprint density at radius 1 is 1.19 bits per heavy atom. The smallest absolute Gasteiger partial charge is 0.232 e. The van der Waals surface area contributed by atoms with Gasteiger partial charge in [-0.05, 0) is 24.3 Å². The minimum absolute atomic E-state index is 0.108. The van der Waals surface area contributed by atoms with Crippen LogP contribution in [0.5, 0.6) is 0 Å². The SMILES string of the molecule is O=C(CSc1ccc(F)cc1)N1CCC2(CC1)OCCO2. The van der Waals surface area contributed by atoms with E-state index in [1.165, 1.54) is 23.9 Å². The Hall–Kier alpha value is -1.11. The normalized spacial score (nSPS) is 20.9. The molecule has 6 heteroatoms. The Labute approximate surface area is 127 Å². The van der Waals surface area contributed by atoms with E-state index in [9.17, 15) is 9.18 Å². The van der Waals surface area contributed by atoms with Crippen LogP contribution in [0.1, 0.15) is 12.8 Å². The van der Waals surface area contributed by atoms with Gasteiger partial charge in [0, 0.05) is 30.8 Å². The van der Waals surface area contributed by atoms with Crippen LogP contribution in [0.4, 0.5) is 4.39 Å². The van der Waals surface area contributed by atoms with Crippen molar-refractivity contribution in [3.8, 4) is 0 Å². The molecule has 1 aromatic carbocycles. The van der Waals surface area contributed by atoms with E-state index in [0.717, 1.165) is 17.7 Å². The first-order valence-corrected chi connectivity index (χ1v) is 8.10. The lowest BCUT2D eigenvalue weighted by molar-refractivity contribution is -0.186. The van der Waals surface area contributed by atoms with Crippen LogP contribution in [0.3, 0.4) is 0 Å². The number of rotatable bonds is 3. The number of piperidine rings is 1. The molecule has 0 unspecified atom stereocenters. The van der Waals surface area contributed by atoms with Crippen LogP contribution in [0.25, 0.3) is 0 Å². The van der Waals surface area contributed by atoms with E-state index in [-0.39, 0.29) is 11.7 Å². The van der Waals surface area contributed by atoms with Crippen LogP contribution in [0.15, 0.2) is 29.2 Å². The summed E-state index contributed by atoms with van der Waals surface area (Å²) in [6.07, 6.45) is 1.47. The summed E-state index contributed by atoms with van der Waals surface area (Å²) in [6, 6.07) is 6.20. The average molecular weight is 311 g/mol. The third-order valence-electron chi connectivity index (χ3n) is 3.87. The zero-order chi connectivity index (χ0) is 14.7. The Bertz CT molecular complexity index is 492. The van der Waals surface area contributed by atoms with Gasteiger partial charge in [0.15, 0.2) is 5.79 Å². The molecule has 0 N–H and O–H groups in total. The predicted octanol–water partition coefficient (Wildman–Crippen LogP) is 2.28. The summed E-state index contributed by atoms with van der Waals surface area (Å²) < 4.78 is 24.1. The van der Waals surface area contributed by atoms with Gasteiger partial charge in [-0.15, -0.1) is 11.8 Å². The van der Waals surface area contributed by atoms with Crippen molar-refractivity contribution in [2.45, 2.75) is 23.5 Å². The number of hydrogen-bond donors (Lipinski definition) is 0. The van der Waals surface area contributed by atoms with E-state index in [1.807, 2.05) is 4.90 Å². The second-order valence-corrected chi connectivity index (χ2v) is 6.28. The molecular formula is C15H18FNO3S. The summed E-state index contributed by atoms with van der Waals surface area (Å²) >= 11 is 1.43. The number of carbonyl (C=O) groups is 1. The van der Waals surface area contributed by atoms with Gasteiger partial charge in [0.2, 0.25) is 5.91 Å². The van der Waals surface area contributed by atoms with Crippen molar-refractivity contribution in [3.63, 3.8) is 0 Å². The van der Waals surface area contributed by atoms with E-state index in [2.05, 4.69) is 0 Å². The molecule has 2 aliphatic heterocycles. The number of ether oxygens (including phenoxy) is 2. The van der Waals surface area contributed by atoms with Crippen molar-refractivity contribution in [1.82, 2.24) is 4.90 Å². The number of likely N-dealkylation sites (tertiary alicyclic amines) is 1. The molecule has 3 rings (SSSR count). The van der Waals surface area contributed by atoms with Gasteiger partial charge in [0.25, 0.3) is 0 Å². The second-order valence-electron chi connectivity index (χ2n) is 5.23. The molecule has 2 fully saturated rings. The van der Waals surface area contributed by atoms with Crippen LogP contribution in [0, 0.1) is 5.82 Å². The molecule has 1 amide bonds. The summed E-state index contributed by atoms with van der Waals surface area (Å²) in [5.74, 6) is -0.220. The van der Waals surface area contributed by atoms with Crippen LogP contribution < -0.4 is 0 Å². The molecule has 0 radical (unpaired) electrons. The largest absolute Gasteiger partial charge is 0.347 e. The molecule has 1 spiro atoms. The van der Waals surface area contributed by atoms with Gasteiger partial charge in [0.1, 0.15) is 5.82 Å². The zero-order valence-corrected chi connectivity index (χ0v) is 12.5. The number of halogens is 1. The minimum atomic E-state index is -0.444. The lowest BCUT2D eigenvalue weighted by Crippen LogP contribution is -2.47. The fraction of sp³-hybridized carbons (Fsp3) is 0.533. The highest BCUT2D eigenvalue weighted by Gasteiger charge is 2.40. The van der Waals surface area contributed by atoms with Crippen molar-refractivity contribution in [2.24, 2.45) is 0 Å². The fourth-order valence-corrected chi connectivity index (χ4v) is 3.45. The molecule has 2 aliphatic rings. The number of thioether (sulfide) groups is 1. The highest BCUT2D eigenvalue weighted by atomic mass is 32.2. The molecule has 0 saturated carbocycles. The van der Waals surface area contributed by atoms with Crippen LogP contribution in [-0.4, -0.2) is 48.7 Å². The summed E-state index contributed by atoms with van der Waals surface area (Å²) in [6.45, 7) is 2.63. The van der Waals surface area contributed by atoms with Gasteiger partial charge >= 0.3 is 0 Å². The van der Waals surface area contributed by atoms with Crippen molar-refractivity contribution in [3.05, 3.63) is 30.1 Å². The zero-order valence-electron chi connectivity index (χ0n) is 11.7. The number of amides is 1. The van der Waals surface area contributed by atoms with Gasteiger partial charge in [-0.3, -0.25) is 4.79 Å². The molecule has 21 heavy (non-hydrogen) atoms. The van der Waals surface area contributed by atoms with E-state index in [4.69, 9.17) is 9.47 Å². The number of nitrogens with zero attached hydrogens (tertiary/aromatic N) is 1. The molecular weight excluding hydrogens is 293 g/mol. The first-order chi connectivity index (χ1) is 10.2. The summed E-state index contributed by atoms with van der Waals surface area (Å²) in [7, 11) is 0. The van der Waals surface area contributed by atoms with E-state index in [1.54, 1.807) is 12.1 Å². The molecule has 0 aliphatic carbocycles. The predicted molar refractivity (Wildman–Crippen MR) is 77.6 cm³/mol. The van der Waals surface area contributed by atoms with Gasteiger partial charge in [-0.25, -0.2) is 4.39 Å². The van der Waals surface area contributed by atoms with Crippen LogP contribution >= 0.6 is 11.8 Å².